The lowest BCUT2D eigenvalue weighted by molar-refractivity contribution is 0.0996. The Morgan fingerprint density at radius 1 is 1.00 bits per heavy atom. The fourth-order valence-corrected chi connectivity index (χ4v) is 3.93. The first-order valence-corrected chi connectivity index (χ1v) is 10.6. The number of hydrogen-bond acceptors (Lipinski definition) is 3. The number of nitrogens with zero attached hydrogens (tertiary/aromatic N) is 1. The van der Waals surface area contributed by atoms with Crippen molar-refractivity contribution in [2.75, 3.05) is 18.9 Å². The van der Waals surface area contributed by atoms with Crippen molar-refractivity contribution in [1.82, 2.24) is 10.6 Å². The van der Waals surface area contributed by atoms with Crippen LogP contribution in [-0.4, -0.2) is 25.5 Å². The third-order valence-electron chi connectivity index (χ3n) is 5.93. The molecule has 0 radical (unpaired) electrons. The van der Waals surface area contributed by atoms with Crippen LogP contribution in [0.15, 0.2) is 82.4 Å². The van der Waals surface area contributed by atoms with Crippen molar-refractivity contribution < 1.29 is 9.21 Å². The van der Waals surface area contributed by atoms with Crippen molar-refractivity contribution in [2.45, 2.75) is 31.2 Å². The van der Waals surface area contributed by atoms with E-state index in [1.54, 1.807) is 19.2 Å². The first kappa shape index (κ1) is 20.7. The lowest BCUT2D eigenvalue weighted by atomic mass is 9.64. The number of aliphatic imine (C=N–C) groups is 1. The van der Waals surface area contributed by atoms with E-state index in [1.165, 1.54) is 31.1 Å². The van der Waals surface area contributed by atoms with Gasteiger partial charge in [0, 0.05) is 31.2 Å². The highest BCUT2D eigenvalue weighted by molar-refractivity contribution is 6.02. The summed E-state index contributed by atoms with van der Waals surface area (Å²) in [7, 11) is 1.79. The highest BCUT2D eigenvalue weighted by atomic mass is 16.3. The number of carbonyl (C=O) groups is 1. The van der Waals surface area contributed by atoms with Gasteiger partial charge in [-0.2, -0.15) is 0 Å². The summed E-state index contributed by atoms with van der Waals surface area (Å²) in [5.41, 5.74) is 3.42. The molecule has 1 heterocycles. The lowest BCUT2D eigenvalue weighted by Crippen LogP contribution is -2.48. The van der Waals surface area contributed by atoms with Gasteiger partial charge in [0.1, 0.15) is 0 Å². The van der Waals surface area contributed by atoms with Crippen LogP contribution in [0.25, 0.3) is 0 Å². The summed E-state index contributed by atoms with van der Waals surface area (Å²) in [5, 5.41) is 9.71. The van der Waals surface area contributed by atoms with Gasteiger partial charge >= 0.3 is 0 Å². The van der Waals surface area contributed by atoms with Crippen LogP contribution in [-0.2, 0) is 12.0 Å². The maximum atomic E-state index is 12.1. The van der Waals surface area contributed by atoms with E-state index in [2.05, 4.69) is 51.3 Å². The summed E-state index contributed by atoms with van der Waals surface area (Å²) in [6.07, 6.45) is 5.15. The van der Waals surface area contributed by atoms with Crippen molar-refractivity contribution in [3.8, 4) is 0 Å². The normalized spacial score (nSPS) is 15.1. The van der Waals surface area contributed by atoms with Gasteiger partial charge in [0.05, 0.1) is 6.26 Å². The molecule has 0 spiro atoms. The van der Waals surface area contributed by atoms with Crippen molar-refractivity contribution >= 4 is 17.6 Å². The topological polar surface area (TPSA) is 78.7 Å². The standard InChI is InChI=1S/C25H28N4O2/c1-26-24(28-18-25(14-6-15-25)20-7-3-2-4-8-20)27-17-19-10-12-21(13-11-19)29-23(30)22-9-5-16-31-22/h2-5,7-13,16H,6,14-15,17-18H2,1H3,(H,29,30)(H2,26,27,28). The van der Waals surface area contributed by atoms with Gasteiger partial charge in [0.15, 0.2) is 11.7 Å². The smallest absolute Gasteiger partial charge is 0.291 e. The molecular formula is C25H28N4O2. The molecule has 160 valence electrons. The Kier molecular flexibility index (Phi) is 6.36. The van der Waals surface area contributed by atoms with Crippen LogP contribution in [0.1, 0.15) is 40.9 Å². The van der Waals surface area contributed by atoms with Crippen LogP contribution < -0.4 is 16.0 Å². The van der Waals surface area contributed by atoms with Gasteiger partial charge < -0.3 is 20.4 Å². The maximum Gasteiger partial charge on any atom is 0.291 e. The monoisotopic (exact) mass is 416 g/mol. The zero-order chi connectivity index (χ0) is 21.5. The van der Waals surface area contributed by atoms with Crippen LogP contribution in [0, 0.1) is 0 Å². The first-order chi connectivity index (χ1) is 15.2. The Hall–Kier alpha value is -3.54. The summed E-state index contributed by atoms with van der Waals surface area (Å²) in [6.45, 7) is 1.51. The molecular weight excluding hydrogens is 388 g/mol. The summed E-state index contributed by atoms with van der Waals surface area (Å²) in [5.74, 6) is 0.821. The molecule has 1 aliphatic rings. The molecule has 1 aliphatic carbocycles. The third kappa shape index (κ3) is 4.97. The number of rotatable bonds is 7. The number of nitrogens with one attached hydrogen (secondary N) is 3. The number of amides is 1. The number of guanidine groups is 1. The van der Waals surface area contributed by atoms with Gasteiger partial charge in [0.25, 0.3) is 5.91 Å². The zero-order valence-electron chi connectivity index (χ0n) is 17.7. The Morgan fingerprint density at radius 2 is 1.77 bits per heavy atom. The van der Waals surface area contributed by atoms with Gasteiger partial charge in [-0.05, 0) is 48.2 Å². The maximum absolute atomic E-state index is 12.1. The second-order valence-corrected chi connectivity index (χ2v) is 7.91. The number of anilines is 1. The van der Waals surface area contributed by atoms with Gasteiger partial charge in [0.2, 0.25) is 0 Å². The van der Waals surface area contributed by atoms with E-state index in [0.29, 0.717) is 12.3 Å². The van der Waals surface area contributed by atoms with Crippen LogP contribution in [0.2, 0.25) is 0 Å². The molecule has 0 aliphatic heterocycles. The molecule has 3 N–H and O–H groups in total. The van der Waals surface area contributed by atoms with Crippen LogP contribution in [0.5, 0.6) is 0 Å². The minimum absolute atomic E-state index is 0.201. The fraction of sp³-hybridized carbons (Fsp3) is 0.280. The summed E-state index contributed by atoms with van der Waals surface area (Å²) < 4.78 is 5.11. The van der Waals surface area contributed by atoms with E-state index in [-0.39, 0.29) is 11.3 Å². The van der Waals surface area contributed by atoms with Crippen LogP contribution in [0.4, 0.5) is 5.69 Å². The van der Waals surface area contributed by atoms with Gasteiger partial charge in [-0.3, -0.25) is 9.79 Å². The molecule has 1 aromatic heterocycles. The molecule has 31 heavy (non-hydrogen) atoms. The van der Waals surface area contributed by atoms with E-state index in [9.17, 15) is 4.79 Å². The predicted molar refractivity (Wildman–Crippen MR) is 123 cm³/mol. The Morgan fingerprint density at radius 3 is 2.39 bits per heavy atom. The highest BCUT2D eigenvalue weighted by Gasteiger charge is 2.38. The average molecular weight is 417 g/mol. The van der Waals surface area contributed by atoms with Crippen molar-refractivity contribution in [3.63, 3.8) is 0 Å². The number of carbonyl (C=O) groups excluding carboxylic acids is 1. The molecule has 1 amide bonds. The van der Waals surface area contributed by atoms with Crippen LogP contribution >= 0.6 is 0 Å². The zero-order valence-corrected chi connectivity index (χ0v) is 17.7. The fourth-order valence-electron chi connectivity index (χ4n) is 3.93. The SMILES string of the molecule is CN=C(NCc1ccc(NC(=O)c2ccco2)cc1)NCC1(c2ccccc2)CCC1. The molecule has 6 nitrogen and oxygen atoms in total. The number of furan rings is 1. The Labute approximate surface area is 182 Å². The van der Waals surface area contributed by atoms with E-state index >= 15 is 0 Å². The molecule has 2 aromatic carbocycles. The average Bonchev–Trinajstić information content (AvgIpc) is 3.32. The minimum atomic E-state index is -0.260. The minimum Gasteiger partial charge on any atom is -0.459 e. The predicted octanol–water partition coefficient (Wildman–Crippen LogP) is 4.32. The molecule has 0 saturated heterocycles. The molecule has 4 rings (SSSR count). The molecule has 6 heteroatoms. The van der Waals surface area contributed by atoms with Gasteiger partial charge in [-0.25, -0.2) is 0 Å². The molecule has 3 aromatic rings. The number of hydrogen-bond donors (Lipinski definition) is 3. The Bertz CT molecular complexity index is 1010. The van der Waals surface area contributed by atoms with E-state index in [1.807, 2.05) is 24.3 Å². The van der Waals surface area contributed by atoms with E-state index in [0.717, 1.165) is 23.8 Å². The van der Waals surface area contributed by atoms with Crippen molar-refractivity contribution in [2.24, 2.45) is 4.99 Å². The van der Waals surface area contributed by atoms with E-state index in [4.69, 9.17) is 4.42 Å². The quantitative estimate of drug-likeness (QED) is 0.396. The van der Waals surface area contributed by atoms with Crippen molar-refractivity contribution in [3.05, 3.63) is 89.9 Å². The second kappa shape index (κ2) is 9.51. The molecule has 1 saturated carbocycles. The highest BCUT2D eigenvalue weighted by Crippen LogP contribution is 2.43. The van der Waals surface area contributed by atoms with Crippen molar-refractivity contribution in [1.29, 1.82) is 0 Å². The largest absolute Gasteiger partial charge is 0.459 e. The van der Waals surface area contributed by atoms with Gasteiger partial charge in [-0.1, -0.05) is 48.9 Å². The lowest BCUT2D eigenvalue weighted by Gasteiger charge is -2.43. The second-order valence-electron chi connectivity index (χ2n) is 7.91. The van der Waals surface area contributed by atoms with Crippen LogP contribution in [0.3, 0.4) is 0 Å². The van der Waals surface area contributed by atoms with E-state index < -0.39 is 0 Å². The number of benzene rings is 2. The summed E-state index contributed by atoms with van der Waals surface area (Å²) >= 11 is 0. The molecule has 0 unspecified atom stereocenters. The molecule has 1 fully saturated rings. The third-order valence-corrected chi connectivity index (χ3v) is 5.93. The first-order valence-electron chi connectivity index (χ1n) is 10.6. The molecule has 0 atom stereocenters. The summed E-state index contributed by atoms with van der Waals surface area (Å²) in [4.78, 5) is 16.4. The van der Waals surface area contributed by atoms with Gasteiger partial charge in [-0.15, -0.1) is 0 Å². The Balaban J connectivity index is 1.28. The molecule has 0 bridgehead atoms. The summed E-state index contributed by atoms with van der Waals surface area (Å²) in [6, 6.07) is 21.8.